The fourth-order valence-electron chi connectivity index (χ4n) is 2.96. The van der Waals surface area contributed by atoms with Gasteiger partial charge in [0.05, 0.1) is 13.2 Å². The monoisotopic (exact) mass is 331 g/mol. The van der Waals surface area contributed by atoms with Gasteiger partial charge in [0.15, 0.2) is 5.96 Å². The molecule has 2 N–H and O–H groups in total. The summed E-state index contributed by atoms with van der Waals surface area (Å²) in [5.74, 6) is 3.60. The minimum atomic E-state index is 0.241. The Kier molecular flexibility index (Phi) is 5.48. The quantitative estimate of drug-likeness (QED) is 0.596. The van der Waals surface area contributed by atoms with E-state index in [1.54, 1.807) is 0 Å². The molecule has 1 unspecified atom stereocenters. The lowest BCUT2D eigenvalue weighted by atomic mass is 10.1. The molecule has 0 radical (unpaired) electrons. The number of nitrogens with zero attached hydrogens (tertiary/aromatic N) is 1. The molecule has 2 aliphatic rings. The first-order valence-corrected chi connectivity index (χ1v) is 9.17. The van der Waals surface area contributed by atoms with Crippen LogP contribution in [0.3, 0.4) is 0 Å². The van der Waals surface area contributed by atoms with Crippen LogP contribution in [-0.4, -0.2) is 31.8 Å². The highest BCUT2D eigenvalue weighted by Crippen LogP contribution is 2.35. The van der Waals surface area contributed by atoms with Gasteiger partial charge in [-0.25, -0.2) is 4.99 Å². The molecular weight excluding hydrogens is 302 g/mol. The van der Waals surface area contributed by atoms with Crippen molar-refractivity contribution in [2.45, 2.75) is 52.7 Å². The molecule has 5 heteroatoms. The summed E-state index contributed by atoms with van der Waals surface area (Å²) in [7, 11) is 0. The van der Waals surface area contributed by atoms with Crippen LogP contribution in [0.15, 0.2) is 17.1 Å². The van der Waals surface area contributed by atoms with Crippen LogP contribution in [0, 0.1) is 5.92 Å². The van der Waals surface area contributed by atoms with E-state index in [4.69, 9.17) is 14.5 Å². The Labute approximate surface area is 144 Å². The van der Waals surface area contributed by atoms with E-state index in [-0.39, 0.29) is 6.10 Å². The Bertz CT molecular complexity index is 597. The highest BCUT2D eigenvalue weighted by atomic mass is 16.5. The topological polar surface area (TPSA) is 54.9 Å². The molecule has 1 aromatic carbocycles. The Morgan fingerprint density at radius 2 is 2.12 bits per heavy atom. The third kappa shape index (κ3) is 4.34. The third-order valence-electron chi connectivity index (χ3n) is 4.39. The summed E-state index contributed by atoms with van der Waals surface area (Å²) in [5, 5.41) is 6.74. The van der Waals surface area contributed by atoms with E-state index < -0.39 is 0 Å². The average molecular weight is 331 g/mol. The van der Waals surface area contributed by atoms with Gasteiger partial charge in [0.2, 0.25) is 0 Å². The Hall–Kier alpha value is -1.91. The number of ether oxygens (including phenoxy) is 2. The van der Waals surface area contributed by atoms with Gasteiger partial charge >= 0.3 is 0 Å². The lowest BCUT2D eigenvalue weighted by Crippen LogP contribution is -2.38. The molecule has 24 heavy (non-hydrogen) atoms. The SMILES string of the molecule is CCNC(=NCc1cc2c(cc1OCC)CC(C)O2)NCC1CC1. The zero-order valence-electron chi connectivity index (χ0n) is 15.0. The highest BCUT2D eigenvalue weighted by molar-refractivity contribution is 5.79. The van der Waals surface area contributed by atoms with Gasteiger partial charge in [-0.3, -0.25) is 0 Å². The van der Waals surface area contributed by atoms with Crippen LogP contribution in [0.25, 0.3) is 0 Å². The van der Waals surface area contributed by atoms with Crippen LogP contribution in [0.4, 0.5) is 0 Å². The number of guanidine groups is 1. The zero-order chi connectivity index (χ0) is 16.9. The molecule has 1 fully saturated rings. The van der Waals surface area contributed by atoms with Gasteiger partial charge in [-0.15, -0.1) is 0 Å². The van der Waals surface area contributed by atoms with E-state index in [9.17, 15) is 0 Å². The van der Waals surface area contributed by atoms with Crippen molar-refractivity contribution in [2.24, 2.45) is 10.9 Å². The second-order valence-electron chi connectivity index (χ2n) is 6.65. The number of rotatable bonds is 7. The second-order valence-corrected chi connectivity index (χ2v) is 6.65. The van der Waals surface area contributed by atoms with Crippen molar-refractivity contribution in [3.63, 3.8) is 0 Å². The smallest absolute Gasteiger partial charge is 0.191 e. The van der Waals surface area contributed by atoms with E-state index in [0.717, 1.165) is 48.5 Å². The van der Waals surface area contributed by atoms with Gasteiger partial charge in [0.1, 0.15) is 17.6 Å². The van der Waals surface area contributed by atoms with Gasteiger partial charge in [0.25, 0.3) is 0 Å². The summed E-state index contributed by atoms with van der Waals surface area (Å²) in [6.45, 7) is 9.31. The van der Waals surface area contributed by atoms with E-state index in [0.29, 0.717) is 13.2 Å². The van der Waals surface area contributed by atoms with Crippen molar-refractivity contribution < 1.29 is 9.47 Å². The van der Waals surface area contributed by atoms with E-state index in [1.807, 2.05) is 6.92 Å². The minimum absolute atomic E-state index is 0.241. The number of benzene rings is 1. The molecule has 1 aliphatic heterocycles. The maximum Gasteiger partial charge on any atom is 0.191 e. The first-order valence-electron chi connectivity index (χ1n) is 9.17. The predicted molar refractivity (Wildman–Crippen MR) is 96.9 cm³/mol. The van der Waals surface area contributed by atoms with Crippen LogP contribution in [0.2, 0.25) is 0 Å². The number of nitrogens with one attached hydrogen (secondary N) is 2. The molecule has 3 rings (SSSR count). The predicted octanol–water partition coefficient (Wildman–Crippen LogP) is 2.87. The molecule has 132 valence electrons. The highest BCUT2D eigenvalue weighted by Gasteiger charge is 2.22. The molecule has 1 atom stereocenters. The Morgan fingerprint density at radius 1 is 1.29 bits per heavy atom. The molecule has 1 aliphatic carbocycles. The van der Waals surface area contributed by atoms with Gasteiger partial charge < -0.3 is 20.1 Å². The van der Waals surface area contributed by atoms with Crippen LogP contribution in [0.5, 0.6) is 11.5 Å². The summed E-state index contributed by atoms with van der Waals surface area (Å²) in [6, 6.07) is 4.22. The second kappa shape index (κ2) is 7.77. The maximum absolute atomic E-state index is 5.89. The van der Waals surface area contributed by atoms with E-state index in [1.165, 1.54) is 18.4 Å². The lowest BCUT2D eigenvalue weighted by molar-refractivity contribution is 0.254. The summed E-state index contributed by atoms with van der Waals surface area (Å²) in [6.07, 6.45) is 3.86. The average Bonchev–Trinajstić information content (AvgIpc) is 3.31. The first kappa shape index (κ1) is 16.9. The van der Waals surface area contributed by atoms with Crippen molar-refractivity contribution >= 4 is 5.96 Å². The van der Waals surface area contributed by atoms with Gasteiger partial charge in [0, 0.05) is 30.6 Å². The van der Waals surface area contributed by atoms with Crippen LogP contribution >= 0.6 is 0 Å². The summed E-state index contributed by atoms with van der Waals surface area (Å²) in [5.41, 5.74) is 2.31. The number of hydrogen-bond donors (Lipinski definition) is 2. The molecule has 5 nitrogen and oxygen atoms in total. The lowest BCUT2D eigenvalue weighted by Gasteiger charge is -2.13. The van der Waals surface area contributed by atoms with Crippen LogP contribution in [-0.2, 0) is 13.0 Å². The number of fused-ring (bicyclic) bond motifs is 1. The minimum Gasteiger partial charge on any atom is -0.494 e. The molecule has 0 spiro atoms. The largest absolute Gasteiger partial charge is 0.494 e. The Morgan fingerprint density at radius 3 is 2.83 bits per heavy atom. The molecule has 1 heterocycles. The molecule has 0 bridgehead atoms. The zero-order valence-corrected chi connectivity index (χ0v) is 15.0. The molecule has 1 aromatic rings. The fraction of sp³-hybridized carbons (Fsp3) is 0.632. The van der Waals surface area contributed by atoms with Crippen molar-refractivity contribution in [2.75, 3.05) is 19.7 Å². The summed E-state index contributed by atoms with van der Waals surface area (Å²) < 4.78 is 11.7. The Balaban J connectivity index is 1.73. The normalized spacial score (nSPS) is 19.6. The van der Waals surface area contributed by atoms with Gasteiger partial charge in [-0.05, 0) is 51.7 Å². The summed E-state index contributed by atoms with van der Waals surface area (Å²) in [4.78, 5) is 4.73. The van der Waals surface area contributed by atoms with Crippen molar-refractivity contribution in [3.05, 3.63) is 23.3 Å². The third-order valence-corrected chi connectivity index (χ3v) is 4.39. The van der Waals surface area contributed by atoms with Gasteiger partial charge in [-0.1, -0.05) is 0 Å². The maximum atomic E-state index is 5.89. The van der Waals surface area contributed by atoms with Crippen molar-refractivity contribution in [3.8, 4) is 11.5 Å². The number of aliphatic imine (C=N–C) groups is 1. The number of hydrogen-bond acceptors (Lipinski definition) is 3. The molecular formula is C19H29N3O2. The molecule has 0 aromatic heterocycles. The van der Waals surface area contributed by atoms with Crippen molar-refractivity contribution in [1.29, 1.82) is 0 Å². The first-order chi connectivity index (χ1) is 11.7. The van der Waals surface area contributed by atoms with Gasteiger partial charge in [-0.2, -0.15) is 0 Å². The molecule has 1 saturated carbocycles. The van der Waals surface area contributed by atoms with E-state index >= 15 is 0 Å². The van der Waals surface area contributed by atoms with E-state index in [2.05, 4.69) is 36.6 Å². The fourth-order valence-corrected chi connectivity index (χ4v) is 2.96. The molecule has 0 saturated heterocycles. The van der Waals surface area contributed by atoms with Crippen LogP contribution in [0.1, 0.15) is 44.7 Å². The molecule has 0 amide bonds. The van der Waals surface area contributed by atoms with Crippen LogP contribution < -0.4 is 20.1 Å². The summed E-state index contributed by atoms with van der Waals surface area (Å²) >= 11 is 0. The van der Waals surface area contributed by atoms with Crippen molar-refractivity contribution in [1.82, 2.24) is 10.6 Å². The standard InChI is InChI=1S/C19H29N3O2/c1-4-20-19(21-11-14-6-7-14)22-12-16-10-18-15(8-13(3)24-18)9-17(16)23-5-2/h9-10,13-14H,4-8,11-12H2,1-3H3,(H2,20,21,22).